The summed E-state index contributed by atoms with van der Waals surface area (Å²) in [6.07, 6.45) is 6.46. The lowest BCUT2D eigenvalue weighted by molar-refractivity contribution is 0.0656. The molecule has 1 aliphatic heterocycles. The number of aromatic amines is 3. The van der Waals surface area contributed by atoms with E-state index < -0.39 is 10.0 Å². The summed E-state index contributed by atoms with van der Waals surface area (Å²) in [6, 6.07) is 61.9. The molecule has 0 saturated carbocycles. The van der Waals surface area contributed by atoms with E-state index in [9.17, 15) is 18.0 Å². The summed E-state index contributed by atoms with van der Waals surface area (Å²) in [5, 5.41) is 5.54. The Balaban J connectivity index is 0.000000166. The summed E-state index contributed by atoms with van der Waals surface area (Å²) in [7, 11) is -3.57. The maximum atomic E-state index is 12.9. The zero-order chi connectivity index (χ0) is 56.5. The van der Waals surface area contributed by atoms with Crippen molar-refractivity contribution in [2.75, 3.05) is 19.6 Å². The number of imide groups is 1. The van der Waals surface area contributed by atoms with Crippen LogP contribution in [0.2, 0.25) is 15.1 Å². The fourth-order valence-corrected chi connectivity index (χ4v) is 12.0. The van der Waals surface area contributed by atoms with Crippen molar-refractivity contribution in [3.63, 3.8) is 0 Å². The molecule has 3 aromatic heterocycles. The second-order valence-corrected chi connectivity index (χ2v) is 23.0. The zero-order valence-electron chi connectivity index (χ0n) is 45.3. The number of hydrogen-bond donors (Lipinski definition) is 5. The van der Waals surface area contributed by atoms with Crippen LogP contribution >= 0.6 is 34.8 Å². The Labute approximate surface area is 503 Å². The van der Waals surface area contributed by atoms with Crippen LogP contribution in [0.3, 0.4) is 0 Å². The molecule has 0 fully saturated rings. The van der Waals surface area contributed by atoms with Gasteiger partial charge in [0.1, 0.15) is 0 Å². The molecule has 2 amide bonds. The molecule has 0 atom stereocenters. The number of H-pyrrole nitrogens is 3. The Morgan fingerprint density at radius 1 is 0.482 bits per heavy atom. The summed E-state index contributed by atoms with van der Waals surface area (Å²) >= 11 is 18.1. The number of halogens is 3. The molecule has 0 bridgehead atoms. The summed E-state index contributed by atoms with van der Waals surface area (Å²) in [4.78, 5) is 37.5. The van der Waals surface area contributed by atoms with E-state index >= 15 is 0 Å². The fraction of sp³-hybridized carbons (Fsp3) is 0.176. The van der Waals surface area contributed by atoms with E-state index in [0.717, 1.165) is 96.5 Å². The number of para-hydroxylation sites is 3. The summed E-state index contributed by atoms with van der Waals surface area (Å²) in [5.41, 5.74) is 20.8. The minimum absolute atomic E-state index is 0. The molecular formula is C68H65BCl3N6O4S. The van der Waals surface area contributed by atoms with Gasteiger partial charge in [0.2, 0.25) is 10.0 Å². The number of nitrogens with two attached hydrogens (primary N) is 1. The van der Waals surface area contributed by atoms with Crippen molar-refractivity contribution in [2.45, 2.75) is 64.2 Å². The third kappa shape index (κ3) is 14.1. The first-order valence-electron chi connectivity index (χ1n) is 27.2. The molecule has 0 unspecified atom stereocenters. The number of rotatable bonds is 17. The van der Waals surface area contributed by atoms with Crippen LogP contribution in [0.5, 0.6) is 0 Å². The monoisotopic (exact) mass is 1180 g/mol. The molecule has 6 N–H and O–H groups in total. The molecular weight excluding hydrogens is 1110 g/mol. The van der Waals surface area contributed by atoms with Gasteiger partial charge >= 0.3 is 0 Å². The maximum absolute atomic E-state index is 12.9. The molecule has 15 heteroatoms. The first-order chi connectivity index (χ1) is 39.4. The average molecular weight is 1180 g/mol. The van der Waals surface area contributed by atoms with Gasteiger partial charge in [-0.15, -0.1) is 0 Å². The Hall–Kier alpha value is -7.68. The number of carbonyl (C=O) groups excluding carboxylic acids is 2. The Morgan fingerprint density at radius 2 is 0.867 bits per heavy atom. The van der Waals surface area contributed by atoms with Gasteiger partial charge in [-0.05, 0) is 156 Å². The van der Waals surface area contributed by atoms with Crippen molar-refractivity contribution < 1.29 is 18.0 Å². The SMILES string of the molecule is C.CCCCCc1ccc(S(=O)(=O)NCCc2c(-c3ccc(Cl)cc3)[nH]c3ccccc23)cc1.NCCc1c(-c2ccc(Cl)cc2)[nH]c2ccccc12.O=C1c2ccccc2C(=O)N1CCc1c(-c2ccc(Cl)cc2)[nH]c2ccccc12.[B]. The van der Waals surface area contributed by atoms with E-state index in [1.165, 1.54) is 34.3 Å². The number of carbonyl (C=O) groups is 2. The normalized spacial score (nSPS) is 11.9. The minimum atomic E-state index is -3.57. The minimum Gasteiger partial charge on any atom is -0.354 e. The van der Waals surface area contributed by atoms with Crippen LogP contribution in [0.25, 0.3) is 66.5 Å². The topological polar surface area (TPSA) is 157 Å². The van der Waals surface area contributed by atoms with E-state index in [0.29, 0.717) is 58.5 Å². The van der Waals surface area contributed by atoms with Crippen molar-refractivity contribution in [1.29, 1.82) is 0 Å². The Bertz CT molecular complexity index is 4070. The second kappa shape index (κ2) is 28.1. The molecule has 0 spiro atoms. The summed E-state index contributed by atoms with van der Waals surface area (Å²) < 4.78 is 28.5. The number of amides is 2. The lowest BCUT2D eigenvalue weighted by Crippen LogP contribution is -2.31. The van der Waals surface area contributed by atoms with Gasteiger partial charge in [0.15, 0.2) is 0 Å². The number of benzene rings is 8. The van der Waals surface area contributed by atoms with E-state index in [1.807, 2.05) is 127 Å². The highest BCUT2D eigenvalue weighted by molar-refractivity contribution is 7.89. The van der Waals surface area contributed by atoms with Crippen LogP contribution in [0.15, 0.2) is 199 Å². The van der Waals surface area contributed by atoms with Gasteiger partial charge < -0.3 is 20.7 Å². The molecule has 10 nitrogen and oxygen atoms in total. The number of aryl methyl sites for hydroxylation is 1. The lowest BCUT2D eigenvalue weighted by atomic mass is 10.0. The summed E-state index contributed by atoms with van der Waals surface area (Å²) in [6.45, 7) is 3.45. The quantitative estimate of drug-likeness (QED) is 0.0349. The van der Waals surface area contributed by atoms with Crippen LogP contribution in [0.4, 0.5) is 0 Å². The van der Waals surface area contributed by atoms with Crippen LogP contribution in [0.1, 0.15) is 76.6 Å². The Kier molecular flexibility index (Phi) is 20.8. The van der Waals surface area contributed by atoms with Crippen molar-refractivity contribution >= 4 is 97.8 Å². The van der Waals surface area contributed by atoms with E-state index in [1.54, 1.807) is 36.4 Å². The number of sulfonamides is 1. The Morgan fingerprint density at radius 3 is 1.28 bits per heavy atom. The molecule has 83 heavy (non-hydrogen) atoms. The van der Waals surface area contributed by atoms with Gasteiger partial charge in [-0.3, -0.25) is 14.5 Å². The van der Waals surface area contributed by atoms with Crippen molar-refractivity contribution in [3.05, 3.63) is 243 Å². The van der Waals surface area contributed by atoms with Gasteiger partial charge in [0, 0.05) is 86.4 Å². The van der Waals surface area contributed by atoms with E-state index in [4.69, 9.17) is 40.5 Å². The average Bonchev–Trinajstić information content (AvgIpc) is 4.36. The van der Waals surface area contributed by atoms with Gasteiger partial charge in [-0.25, -0.2) is 13.1 Å². The predicted octanol–water partition coefficient (Wildman–Crippen LogP) is 16.3. The highest BCUT2D eigenvalue weighted by Crippen LogP contribution is 2.35. The van der Waals surface area contributed by atoms with Gasteiger partial charge in [0.25, 0.3) is 11.8 Å². The molecule has 0 saturated heterocycles. The first-order valence-corrected chi connectivity index (χ1v) is 29.8. The van der Waals surface area contributed by atoms with Crippen molar-refractivity contribution in [3.8, 4) is 33.8 Å². The molecule has 8 aromatic carbocycles. The third-order valence-electron chi connectivity index (χ3n) is 14.7. The molecule has 4 heterocycles. The highest BCUT2D eigenvalue weighted by Gasteiger charge is 2.35. The molecule has 12 rings (SSSR count). The van der Waals surface area contributed by atoms with Crippen molar-refractivity contribution in [2.24, 2.45) is 5.73 Å². The first kappa shape index (κ1) is 61.4. The standard InChI is InChI=1S/C27H29ClN2O2S.C24H17ClN2O2.C16H15ClN2.CH4.B/c1-2-3-4-7-20-10-16-23(17-11-20)33(31,32)29-19-18-25-24-8-5-6-9-26(24)30-27(25)21-12-14-22(28)15-13-21;25-16-11-9-15(10-12-16)22-18(17-5-3-4-8-21(17)26-22)13-14-27-23(28)19-6-1-2-7-20(19)24(27)29;17-12-7-5-11(6-8-12)16-14(9-10-18)13-3-1-2-4-15(13)19-16;;/h5-6,8-17,29-30H,2-4,7,18-19H2,1H3;1-12,26H,13-14H2;1-8,19H,9-10,18H2;1H4;. The van der Waals surface area contributed by atoms with E-state index in [-0.39, 0.29) is 27.7 Å². The van der Waals surface area contributed by atoms with Crippen LogP contribution in [-0.2, 0) is 35.7 Å². The lowest BCUT2D eigenvalue weighted by Gasteiger charge is -2.14. The molecule has 3 radical (unpaired) electrons. The number of nitrogens with zero attached hydrogens (tertiary/aromatic N) is 1. The number of aromatic nitrogens is 3. The fourth-order valence-electron chi connectivity index (χ4n) is 10.6. The number of unbranched alkanes of at least 4 members (excludes halogenated alkanes) is 2. The largest absolute Gasteiger partial charge is 0.354 e. The molecule has 11 aromatic rings. The third-order valence-corrected chi connectivity index (χ3v) is 16.9. The zero-order valence-corrected chi connectivity index (χ0v) is 48.4. The number of nitrogens with one attached hydrogen (secondary N) is 4. The predicted molar refractivity (Wildman–Crippen MR) is 346 cm³/mol. The summed E-state index contributed by atoms with van der Waals surface area (Å²) in [5.74, 6) is -0.447. The van der Waals surface area contributed by atoms with Gasteiger partial charge in [-0.2, -0.15) is 0 Å². The second-order valence-electron chi connectivity index (χ2n) is 19.9. The highest BCUT2D eigenvalue weighted by atomic mass is 35.5. The van der Waals surface area contributed by atoms with Gasteiger partial charge in [-0.1, -0.05) is 177 Å². The van der Waals surface area contributed by atoms with Crippen LogP contribution in [-0.4, -0.2) is 68.1 Å². The number of fused-ring (bicyclic) bond motifs is 4. The van der Waals surface area contributed by atoms with E-state index in [2.05, 4.69) is 56.9 Å². The number of hydrogen-bond acceptors (Lipinski definition) is 5. The van der Waals surface area contributed by atoms with Crippen LogP contribution < -0.4 is 10.5 Å². The molecule has 0 aliphatic carbocycles. The van der Waals surface area contributed by atoms with Crippen LogP contribution in [0, 0.1) is 0 Å². The maximum Gasteiger partial charge on any atom is 0.261 e. The van der Waals surface area contributed by atoms with Gasteiger partial charge in [0.05, 0.1) is 16.0 Å². The molecule has 421 valence electrons. The smallest absolute Gasteiger partial charge is 0.261 e. The van der Waals surface area contributed by atoms with Crippen molar-refractivity contribution in [1.82, 2.24) is 24.6 Å². The molecule has 1 aliphatic rings.